The first-order valence-corrected chi connectivity index (χ1v) is 12.9. The Morgan fingerprint density at radius 3 is 2.51 bits per heavy atom. The standard InChI is InChI=1S/C30H23N5OS/c1-17(21-9-5-7-18-6-3-4-8-22(18)21)35-28-23-14-19(20-11-13-25-27(15-20)37-29(31)33-25)10-12-24(23)32-16-26(28)34(2)30(35)36/h3-17H,1-2H3,(H2,31,33)/t17-/m0/s1. The Balaban J connectivity index is 1.49. The third-order valence-electron chi connectivity index (χ3n) is 7.31. The number of nitrogen functional groups attached to an aromatic ring is 1. The van der Waals surface area contributed by atoms with Crippen LogP contribution in [0.15, 0.2) is 89.9 Å². The van der Waals surface area contributed by atoms with Gasteiger partial charge in [0.15, 0.2) is 5.13 Å². The zero-order valence-corrected chi connectivity index (χ0v) is 21.2. The van der Waals surface area contributed by atoms with Crippen molar-refractivity contribution in [3.05, 3.63) is 101 Å². The second-order valence-electron chi connectivity index (χ2n) is 9.41. The molecule has 0 bridgehead atoms. The number of imidazole rings is 1. The van der Waals surface area contributed by atoms with Crippen molar-refractivity contribution in [2.45, 2.75) is 13.0 Å². The number of hydrogen-bond donors (Lipinski definition) is 1. The number of thiazole rings is 1. The lowest BCUT2D eigenvalue weighted by Crippen LogP contribution is -2.25. The number of aromatic nitrogens is 4. The van der Waals surface area contributed by atoms with Crippen LogP contribution in [-0.2, 0) is 7.05 Å². The summed E-state index contributed by atoms with van der Waals surface area (Å²) in [6.45, 7) is 2.10. The lowest BCUT2D eigenvalue weighted by atomic mass is 9.99. The number of hydrogen-bond acceptors (Lipinski definition) is 5. The van der Waals surface area contributed by atoms with Crippen molar-refractivity contribution in [3.63, 3.8) is 0 Å². The molecule has 2 N–H and O–H groups in total. The van der Waals surface area contributed by atoms with E-state index in [0.29, 0.717) is 5.13 Å². The Morgan fingerprint density at radius 1 is 0.892 bits per heavy atom. The molecule has 0 saturated carbocycles. The van der Waals surface area contributed by atoms with E-state index in [0.717, 1.165) is 59.6 Å². The summed E-state index contributed by atoms with van der Waals surface area (Å²) in [5.74, 6) is 0. The number of nitrogens with two attached hydrogens (primary N) is 1. The molecule has 7 rings (SSSR count). The van der Waals surface area contributed by atoms with Gasteiger partial charge in [0.25, 0.3) is 0 Å². The molecule has 0 spiro atoms. The largest absolute Gasteiger partial charge is 0.375 e. The summed E-state index contributed by atoms with van der Waals surface area (Å²) in [5, 5.41) is 3.82. The van der Waals surface area contributed by atoms with E-state index in [1.165, 1.54) is 11.3 Å². The van der Waals surface area contributed by atoms with Crippen LogP contribution in [0.2, 0.25) is 0 Å². The summed E-state index contributed by atoms with van der Waals surface area (Å²) in [7, 11) is 1.82. The van der Waals surface area contributed by atoms with Crippen LogP contribution in [0.25, 0.3) is 54.1 Å². The first-order valence-electron chi connectivity index (χ1n) is 12.1. The van der Waals surface area contributed by atoms with Crippen molar-refractivity contribution in [2.75, 3.05) is 5.73 Å². The fourth-order valence-electron chi connectivity index (χ4n) is 5.44. The van der Waals surface area contributed by atoms with Gasteiger partial charge >= 0.3 is 5.69 Å². The van der Waals surface area contributed by atoms with E-state index >= 15 is 0 Å². The van der Waals surface area contributed by atoms with Gasteiger partial charge in [-0.1, -0.05) is 65.9 Å². The molecule has 0 unspecified atom stereocenters. The predicted molar refractivity (Wildman–Crippen MR) is 153 cm³/mol. The van der Waals surface area contributed by atoms with Crippen molar-refractivity contribution >= 4 is 59.4 Å². The maximum absolute atomic E-state index is 13.7. The molecule has 6 nitrogen and oxygen atoms in total. The number of fused-ring (bicyclic) bond motifs is 5. The minimum Gasteiger partial charge on any atom is -0.375 e. The SMILES string of the molecule is C[C@@H](c1cccc2ccccc12)n1c(=O)n(C)c2cnc3ccc(-c4ccc5nc(N)sc5c4)cc3c21. The first kappa shape index (κ1) is 21.8. The number of nitrogens with zero attached hydrogens (tertiary/aromatic N) is 4. The molecule has 0 amide bonds. The van der Waals surface area contributed by atoms with Gasteiger partial charge in [-0.3, -0.25) is 14.1 Å². The van der Waals surface area contributed by atoms with Gasteiger partial charge in [-0.15, -0.1) is 0 Å². The number of benzene rings is 4. The highest BCUT2D eigenvalue weighted by Gasteiger charge is 2.21. The topological polar surface area (TPSA) is 78.7 Å². The smallest absolute Gasteiger partial charge is 0.329 e. The molecule has 0 saturated heterocycles. The number of rotatable bonds is 3. The highest BCUT2D eigenvalue weighted by atomic mass is 32.1. The van der Waals surface area contributed by atoms with Crippen molar-refractivity contribution in [3.8, 4) is 11.1 Å². The number of aryl methyl sites for hydroxylation is 1. The molecule has 7 aromatic rings. The molecule has 7 heteroatoms. The van der Waals surface area contributed by atoms with Gasteiger partial charge in [-0.05, 0) is 58.7 Å². The Morgan fingerprint density at radius 2 is 1.65 bits per heavy atom. The van der Waals surface area contributed by atoms with E-state index in [9.17, 15) is 4.79 Å². The van der Waals surface area contributed by atoms with Gasteiger partial charge in [-0.2, -0.15) is 0 Å². The average Bonchev–Trinajstić information content (AvgIpc) is 3.43. The molecule has 3 heterocycles. The number of pyridine rings is 1. The third kappa shape index (κ3) is 3.28. The average molecular weight is 502 g/mol. The van der Waals surface area contributed by atoms with Gasteiger partial charge in [0.1, 0.15) is 0 Å². The van der Waals surface area contributed by atoms with Gasteiger partial charge < -0.3 is 5.73 Å². The maximum Gasteiger partial charge on any atom is 0.329 e. The zero-order chi connectivity index (χ0) is 25.3. The molecule has 0 aliphatic heterocycles. The fourth-order valence-corrected chi connectivity index (χ4v) is 6.22. The van der Waals surface area contributed by atoms with Crippen LogP contribution in [0.5, 0.6) is 0 Å². The van der Waals surface area contributed by atoms with Gasteiger partial charge in [0.05, 0.1) is 39.0 Å². The molecular weight excluding hydrogens is 478 g/mol. The summed E-state index contributed by atoms with van der Waals surface area (Å²) in [6.07, 6.45) is 1.80. The summed E-state index contributed by atoms with van der Waals surface area (Å²) in [6, 6.07) is 26.9. The molecule has 3 aromatic heterocycles. The van der Waals surface area contributed by atoms with Crippen LogP contribution < -0.4 is 11.4 Å². The molecular formula is C30H23N5OS. The second kappa shape index (κ2) is 8.01. The van der Waals surface area contributed by atoms with Crippen LogP contribution >= 0.6 is 11.3 Å². The van der Waals surface area contributed by atoms with Crippen molar-refractivity contribution in [1.82, 2.24) is 19.1 Å². The van der Waals surface area contributed by atoms with Gasteiger partial charge in [0.2, 0.25) is 0 Å². The quantitative estimate of drug-likeness (QED) is 0.299. The third-order valence-corrected chi connectivity index (χ3v) is 8.16. The van der Waals surface area contributed by atoms with Gasteiger partial charge in [-0.25, -0.2) is 9.78 Å². The van der Waals surface area contributed by atoms with E-state index in [1.54, 1.807) is 10.8 Å². The van der Waals surface area contributed by atoms with E-state index in [-0.39, 0.29) is 11.7 Å². The molecule has 4 aromatic carbocycles. The Hall–Kier alpha value is -4.49. The minimum atomic E-state index is -0.173. The molecule has 1 atom stereocenters. The maximum atomic E-state index is 13.7. The minimum absolute atomic E-state index is 0.0586. The lowest BCUT2D eigenvalue weighted by Gasteiger charge is -2.17. The van der Waals surface area contributed by atoms with E-state index in [1.807, 2.05) is 35.9 Å². The van der Waals surface area contributed by atoms with Crippen LogP contribution in [0.3, 0.4) is 0 Å². The van der Waals surface area contributed by atoms with Crippen LogP contribution in [0, 0.1) is 0 Å². The summed E-state index contributed by atoms with van der Waals surface area (Å²) in [5.41, 5.74) is 12.6. The summed E-state index contributed by atoms with van der Waals surface area (Å²) in [4.78, 5) is 22.7. The highest BCUT2D eigenvalue weighted by Crippen LogP contribution is 2.34. The molecule has 0 aliphatic carbocycles. The molecule has 0 aliphatic rings. The highest BCUT2D eigenvalue weighted by molar-refractivity contribution is 7.22. The van der Waals surface area contributed by atoms with Crippen LogP contribution in [0.1, 0.15) is 18.5 Å². The Labute approximate surface area is 216 Å². The monoisotopic (exact) mass is 501 g/mol. The first-order chi connectivity index (χ1) is 18.0. The fraction of sp³-hybridized carbons (Fsp3) is 0.100. The summed E-state index contributed by atoms with van der Waals surface area (Å²) >= 11 is 1.48. The van der Waals surface area contributed by atoms with Gasteiger partial charge in [0, 0.05) is 12.4 Å². The molecule has 0 fully saturated rings. The zero-order valence-electron chi connectivity index (χ0n) is 20.3. The van der Waals surface area contributed by atoms with Crippen molar-refractivity contribution in [2.24, 2.45) is 7.05 Å². The van der Waals surface area contributed by atoms with Crippen LogP contribution in [0.4, 0.5) is 5.13 Å². The molecule has 180 valence electrons. The molecule has 0 radical (unpaired) electrons. The Kier molecular flexibility index (Phi) is 4.71. The second-order valence-corrected chi connectivity index (χ2v) is 10.5. The van der Waals surface area contributed by atoms with Crippen molar-refractivity contribution < 1.29 is 0 Å². The Bertz CT molecular complexity index is 2060. The normalized spacial score (nSPS) is 12.7. The molecule has 37 heavy (non-hydrogen) atoms. The summed E-state index contributed by atoms with van der Waals surface area (Å²) < 4.78 is 4.66. The van der Waals surface area contributed by atoms with Crippen molar-refractivity contribution in [1.29, 1.82) is 0 Å². The predicted octanol–water partition coefficient (Wildman–Crippen LogP) is 6.51. The van der Waals surface area contributed by atoms with E-state index < -0.39 is 0 Å². The van der Waals surface area contributed by atoms with E-state index in [2.05, 4.69) is 66.5 Å². The number of anilines is 1. The van der Waals surface area contributed by atoms with Crippen LogP contribution in [-0.4, -0.2) is 19.1 Å². The lowest BCUT2D eigenvalue weighted by molar-refractivity contribution is 0.621. The van der Waals surface area contributed by atoms with E-state index in [4.69, 9.17) is 10.7 Å².